The van der Waals surface area contributed by atoms with Crippen LogP contribution in [-0.2, 0) is 0 Å². The number of carbonyl (C=O) groups excluding carboxylic acids is 1. The van der Waals surface area contributed by atoms with E-state index in [0.717, 1.165) is 0 Å². The molecule has 4 rings (SSSR count). The van der Waals surface area contributed by atoms with Gasteiger partial charge in [0.15, 0.2) is 0 Å². The molecule has 0 fully saturated rings. The van der Waals surface area contributed by atoms with Gasteiger partial charge in [-0.2, -0.15) is 5.26 Å². The van der Waals surface area contributed by atoms with Gasteiger partial charge in [0.25, 0.3) is 5.91 Å². The van der Waals surface area contributed by atoms with E-state index in [1.54, 1.807) is 48.5 Å². The Morgan fingerprint density at radius 1 is 0.968 bits per heavy atom. The number of pyridine rings is 3. The van der Waals surface area contributed by atoms with Crippen molar-refractivity contribution in [3.63, 3.8) is 0 Å². The molecule has 150 valence electrons. The summed E-state index contributed by atoms with van der Waals surface area (Å²) in [6, 6.07) is 16.4. The van der Waals surface area contributed by atoms with Gasteiger partial charge in [0, 0.05) is 35.3 Å². The standard InChI is InChI=1S/C23H15FN6O/c24-20-4-2-1-3-19(20)17-9-18(14-26-13-17)29-23(31)16-7-8-27-22(10-16)30-21-6-5-15(11-25)12-28-21/h1-10,12-14H,(H,29,31)(H,27,28,30). The number of anilines is 3. The number of nitriles is 1. The molecule has 0 aliphatic heterocycles. The maximum Gasteiger partial charge on any atom is 0.255 e. The quantitative estimate of drug-likeness (QED) is 0.500. The summed E-state index contributed by atoms with van der Waals surface area (Å²) in [4.78, 5) is 25.1. The van der Waals surface area contributed by atoms with Gasteiger partial charge in [-0.15, -0.1) is 0 Å². The Balaban J connectivity index is 1.50. The molecular formula is C23H15FN6O. The zero-order valence-electron chi connectivity index (χ0n) is 16.1. The Bertz CT molecular complexity index is 1280. The predicted octanol–water partition coefficient (Wildman–Crippen LogP) is 4.55. The zero-order chi connectivity index (χ0) is 21.6. The van der Waals surface area contributed by atoms with Gasteiger partial charge in [-0.3, -0.25) is 9.78 Å². The molecule has 0 spiro atoms. The second kappa shape index (κ2) is 8.80. The molecule has 0 unspecified atom stereocenters. The highest BCUT2D eigenvalue weighted by Gasteiger charge is 2.10. The van der Waals surface area contributed by atoms with Crippen molar-refractivity contribution in [2.75, 3.05) is 10.6 Å². The third-order valence-corrected chi connectivity index (χ3v) is 4.35. The van der Waals surface area contributed by atoms with Crippen LogP contribution in [0.25, 0.3) is 11.1 Å². The largest absolute Gasteiger partial charge is 0.325 e. The van der Waals surface area contributed by atoms with Crippen molar-refractivity contribution >= 4 is 23.2 Å². The first-order valence-corrected chi connectivity index (χ1v) is 9.23. The van der Waals surface area contributed by atoms with Gasteiger partial charge < -0.3 is 10.6 Å². The van der Waals surface area contributed by atoms with Crippen LogP contribution in [0.5, 0.6) is 0 Å². The highest BCUT2D eigenvalue weighted by atomic mass is 19.1. The lowest BCUT2D eigenvalue weighted by atomic mass is 10.1. The van der Waals surface area contributed by atoms with Crippen molar-refractivity contribution in [3.05, 3.63) is 96.3 Å². The van der Waals surface area contributed by atoms with E-state index in [4.69, 9.17) is 5.26 Å². The predicted molar refractivity (Wildman–Crippen MR) is 114 cm³/mol. The van der Waals surface area contributed by atoms with Crippen LogP contribution in [0, 0.1) is 17.1 Å². The van der Waals surface area contributed by atoms with E-state index in [0.29, 0.717) is 39.6 Å². The molecule has 0 aliphatic carbocycles. The number of halogens is 1. The minimum atomic E-state index is -0.370. The van der Waals surface area contributed by atoms with E-state index >= 15 is 0 Å². The van der Waals surface area contributed by atoms with Crippen molar-refractivity contribution < 1.29 is 9.18 Å². The number of nitrogens with zero attached hydrogens (tertiary/aromatic N) is 4. The fourth-order valence-electron chi connectivity index (χ4n) is 2.86. The number of rotatable bonds is 5. The molecular weight excluding hydrogens is 395 g/mol. The van der Waals surface area contributed by atoms with Crippen molar-refractivity contribution in [1.29, 1.82) is 5.26 Å². The number of hydrogen-bond donors (Lipinski definition) is 2. The number of aromatic nitrogens is 3. The molecule has 3 aromatic heterocycles. The highest BCUT2D eigenvalue weighted by Crippen LogP contribution is 2.24. The van der Waals surface area contributed by atoms with E-state index < -0.39 is 0 Å². The first-order chi connectivity index (χ1) is 15.1. The second-order valence-electron chi connectivity index (χ2n) is 6.49. The van der Waals surface area contributed by atoms with E-state index in [9.17, 15) is 9.18 Å². The lowest BCUT2D eigenvalue weighted by Gasteiger charge is -2.09. The minimum Gasteiger partial charge on any atom is -0.325 e. The second-order valence-corrected chi connectivity index (χ2v) is 6.49. The zero-order valence-corrected chi connectivity index (χ0v) is 16.1. The molecule has 2 N–H and O–H groups in total. The molecule has 8 heteroatoms. The van der Waals surface area contributed by atoms with Gasteiger partial charge in [0.2, 0.25) is 0 Å². The Hall–Kier alpha value is -4.64. The van der Waals surface area contributed by atoms with Crippen LogP contribution in [0.1, 0.15) is 15.9 Å². The maximum atomic E-state index is 14.1. The average molecular weight is 410 g/mol. The lowest BCUT2D eigenvalue weighted by Crippen LogP contribution is -2.12. The lowest BCUT2D eigenvalue weighted by molar-refractivity contribution is 0.102. The minimum absolute atomic E-state index is 0.363. The van der Waals surface area contributed by atoms with E-state index in [1.807, 2.05) is 6.07 Å². The molecule has 31 heavy (non-hydrogen) atoms. The summed E-state index contributed by atoms with van der Waals surface area (Å²) < 4.78 is 14.1. The van der Waals surface area contributed by atoms with E-state index in [2.05, 4.69) is 25.6 Å². The van der Waals surface area contributed by atoms with Gasteiger partial charge in [-0.05, 0) is 36.4 Å². The normalized spacial score (nSPS) is 10.2. The van der Waals surface area contributed by atoms with Crippen molar-refractivity contribution in [1.82, 2.24) is 15.0 Å². The van der Waals surface area contributed by atoms with Crippen LogP contribution < -0.4 is 10.6 Å². The van der Waals surface area contributed by atoms with Crippen LogP contribution in [0.15, 0.2) is 79.4 Å². The Kier molecular flexibility index (Phi) is 5.58. The number of hydrogen-bond acceptors (Lipinski definition) is 6. The summed E-state index contributed by atoms with van der Waals surface area (Å²) in [6.45, 7) is 0. The van der Waals surface area contributed by atoms with Crippen LogP contribution in [0.4, 0.5) is 21.7 Å². The third kappa shape index (κ3) is 4.68. The molecule has 4 aromatic rings. The molecule has 3 heterocycles. The molecule has 0 saturated heterocycles. The maximum absolute atomic E-state index is 14.1. The average Bonchev–Trinajstić information content (AvgIpc) is 2.80. The monoisotopic (exact) mass is 410 g/mol. The van der Waals surface area contributed by atoms with E-state index in [-0.39, 0.29) is 11.7 Å². The fourth-order valence-corrected chi connectivity index (χ4v) is 2.86. The number of nitrogens with one attached hydrogen (secondary N) is 2. The summed E-state index contributed by atoms with van der Waals surface area (Å²) in [5.41, 5.74) is 2.20. The summed E-state index contributed by atoms with van der Waals surface area (Å²) in [5.74, 6) is 0.175. The SMILES string of the molecule is N#Cc1ccc(Nc2cc(C(=O)Nc3cncc(-c4ccccc4F)c3)ccn2)nc1. The Morgan fingerprint density at radius 3 is 2.61 bits per heavy atom. The third-order valence-electron chi connectivity index (χ3n) is 4.35. The highest BCUT2D eigenvalue weighted by molar-refractivity contribution is 6.04. The number of carbonyl (C=O) groups is 1. The number of benzene rings is 1. The van der Waals surface area contributed by atoms with Crippen LogP contribution in [-0.4, -0.2) is 20.9 Å². The molecule has 0 aliphatic rings. The molecule has 0 saturated carbocycles. The smallest absolute Gasteiger partial charge is 0.255 e. The van der Waals surface area contributed by atoms with E-state index in [1.165, 1.54) is 30.9 Å². The summed E-state index contributed by atoms with van der Waals surface area (Å²) in [7, 11) is 0. The van der Waals surface area contributed by atoms with Crippen LogP contribution in [0.2, 0.25) is 0 Å². The molecule has 0 atom stereocenters. The van der Waals surface area contributed by atoms with Gasteiger partial charge in [-0.1, -0.05) is 18.2 Å². The van der Waals surface area contributed by atoms with Crippen molar-refractivity contribution in [3.8, 4) is 17.2 Å². The fraction of sp³-hybridized carbons (Fsp3) is 0. The molecule has 7 nitrogen and oxygen atoms in total. The summed E-state index contributed by atoms with van der Waals surface area (Å²) in [5, 5.41) is 14.6. The summed E-state index contributed by atoms with van der Waals surface area (Å²) in [6.07, 6.45) is 5.96. The first kappa shape index (κ1) is 19.7. The molecule has 1 amide bonds. The van der Waals surface area contributed by atoms with Gasteiger partial charge in [0.05, 0.1) is 17.4 Å². The van der Waals surface area contributed by atoms with Gasteiger partial charge >= 0.3 is 0 Å². The number of amides is 1. The molecule has 0 bridgehead atoms. The van der Waals surface area contributed by atoms with Crippen molar-refractivity contribution in [2.45, 2.75) is 0 Å². The van der Waals surface area contributed by atoms with Crippen molar-refractivity contribution in [2.24, 2.45) is 0 Å². The van der Waals surface area contributed by atoms with Gasteiger partial charge in [-0.25, -0.2) is 14.4 Å². The molecule has 0 radical (unpaired) electrons. The van der Waals surface area contributed by atoms with Gasteiger partial charge in [0.1, 0.15) is 23.5 Å². The molecule has 1 aromatic carbocycles. The first-order valence-electron chi connectivity index (χ1n) is 9.23. The topological polar surface area (TPSA) is 104 Å². The van der Waals surface area contributed by atoms with Crippen LogP contribution in [0.3, 0.4) is 0 Å². The summed E-state index contributed by atoms with van der Waals surface area (Å²) >= 11 is 0. The Labute approximate surface area is 177 Å². The van der Waals surface area contributed by atoms with Crippen LogP contribution >= 0.6 is 0 Å². The Morgan fingerprint density at radius 2 is 1.84 bits per heavy atom.